The zero-order valence-corrected chi connectivity index (χ0v) is 10.6. The van der Waals surface area contributed by atoms with Gasteiger partial charge in [0.25, 0.3) is 0 Å². The van der Waals surface area contributed by atoms with Crippen LogP contribution in [0.5, 0.6) is 0 Å². The van der Waals surface area contributed by atoms with Gasteiger partial charge in [0.1, 0.15) is 0 Å². The summed E-state index contributed by atoms with van der Waals surface area (Å²) in [4.78, 5) is 13.7. The molecule has 2 atom stereocenters. The molecule has 2 unspecified atom stereocenters. The van der Waals surface area contributed by atoms with Crippen LogP contribution in [0.4, 0.5) is 0 Å². The third-order valence-corrected chi connectivity index (χ3v) is 3.20. The summed E-state index contributed by atoms with van der Waals surface area (Å²) in [5, 5.41) is 12.0. The van der Waals surface area contributed by atoms with Crippen molar-refractivity contribution in [3.8, 4) is 0 Å². The maximum absolute atomic E-state index is 11.4. The molecule has 1 fully saturated rings. The number of carbonyl (C=O) groups is 1. The van der Waals surface area contributed by atoms with Crippen molar-refractivity contribution in [3.63, 3.8) is 0 Å². The van der Waals surface area contributed by atoms with Gasteiger partial charge in [0.2, 0.25) is 5.91 Å². The van der Waals surface area contributed by atoms with E-state index in [2.05, 4.69) is 24.2 Å². The predicted molar refractivity (Wildman–Crippen MR) is 64.2 cm³/mol. The van der Waals surface area contributed by atoms with Crippen molar-refractivity contribution in [2.45, 2.75) is 57.7 Å². The van der Waals surface area contributed by atoms with Crippen molar-refractivity contribution >= 4 is 5.91 Å². The van der Waals surface area contributed by atoms with Gasteiger partial charge in [-0.15, -0.1) is 0 Å². The third kappa shape index (κ3) is 4.94. The fourth-order valence-electron chi connectivity index (χ4n) is 1.68. The highest BCUT2D eigenvalue weighted by molar-refractivity contribution is 5.75. The van der Waals surface area contributed by atoms with Crippen molar-refractivity contribution in [2.75, 3.05) is 13.6 Å². The van der Waals surface area contributed by atoms with Crippen molar-refractivity contribution in [1.82, 2.24) is 10.2 Å². The van der Waals surface area contributed by atoms with E-state index < -0.39 is 6.10 Å². The molecule has 1 aliphatic rings. The lowest BCUT2D eigenvalue weighted by atomic mass is 10.2. The molecular weight excluding hydrogens is 204 g/mol. The van der Waals surface area contributed by atoms with Crippen molar-refractivity contribution in [1.29, 1.82) is 0 Å². The molecule has 0 aromatic rings. The van der Waals surface area contributed by atoms with Crippen LogP contribution in [0.25, 0.3) is 0 Å². The first-order valence-corrected chi connectivity index (χ1v) is 6.17. The number of rotatable bonds is 7. The van der Waals surface area contributed by atoms with E-state index in [4.69, 9.17) is 5.11 Å². The highest BCUT2D eigenvalue weighted by Crippen LogP contribution is 2.26. The summed E-state index contributed by atoms with van der Waals surface area (Å²) >= 11 is 0. The Bertz CT molecular complexity index is 227. The van der Waals surface area contributed by atoms with Crippen LogP contribution in [0, 0.1) is 0 Å². The van der Waals surface area contributed by atoms with Gasteiger partial charge in [0.05, 0.1) is 6.10 Å². The molecule has 16 heavy (non-hydrogen) atoms. The number of amides is 1. The van der Waals surface area contributed by atoms with E-state index in [0.717, 1.165) is 6.04 Å². The molecule has 1 amide bonds. The maximum atomic E-state index is 11.4. The van der Waals surface area contributed by atoms with E-state index in [1.54, 1.807) is 6.92 Å². The van der Waals surface area contributed by atoms with Crippen LogP contribution >= 0.6 is 0 Å². The van der Waals surface area contributed by atoms with Crippen LogP contribution in [0.1, 0.15) is 39.5 Å². The van der Waals surface area contributed by atoms with E-state index in [1.165, 1.54) is 12.8 Å². The fourth-order valence-corrected chi connectivity index (χ4v) is 1.68. The average molecular weight is 228 g/mol. The lowest BCUT2D eigenvalue weighted by molar-refractivity contribution is -0.121. The monoisotopic (exact) mass is 228 g/mol. The second kappa shape index (κ2) is 6.21. The van der Waals surface area contributed by atoms with E-state index in [-0.39, 0.29) is 5.91 Å². The largest absolute Gasteiger partial charge is 0.393 e. The zero-order chi connectivity index (χ0) is 12.1. The highest BCUT2D eigenvalue weighted by Gasteiger charge is 2.28. The second-order valence-electron chi connectivity index (χ2n) is 4.94. The molecule has 1 saturated carbocycles. The first kappa shape index (κ1) is 13.5. The predicted octanol–water partition coefficient (Wildman–Crippen LogP) is 0.746. The molecule has 2 N–H and O–H groups in total. The lowest BCUT2D eigenvalue weighted by Gasteiger charge is -2.24. The van der Waals surface area contributed by atoms with Crippen molar-refractivity contribution in [3.05, 3.63) is 0 Å². The van der Waals surface area contributed by atoms with E-state index >= 15 is 0 Å². The molecule has 1 aliphatic carbocycles. The van der Waals surface area contributed by atoms with Crippen molar-refractivity contribution < 1.29 is 9.90 Å². The quantitative estimate of drug-likeness (QED) is 0.676. The summed E-state index contributed by atoms with van der Waals surface area (Å²) in [5.41, 5.74) is 0. The first-order valence-electron chi connectivity index (χ1n) is 6.17. The van der Waals surface area contributed by atoms with Crippen LogP contribution in [0.15, 0.2) is 0 Å². The highest BCUT2D eigenvalue weighted by atomic mass is 16.3. The molecule has 4 nitrogen and oxygen atoms in total. The van der Waals surface area contributed by atoms with Gasteiger partial charge in [-0.25, -0.2) is 0 Å². The molecule has 0 spiro atoms. The number of hydrogen-bond acceptors (Lipinski definition) is 3. The van der Waals surface area contributed by atoms with Gasteiger partial charge in [0, 0.05) is 25.0 Å². The van der Waals surface area contributed by atoms with Gasteiger partial charge in [-0.3, -0.25) is 9.69 Å². The van der Waals surface area contributed by atoms with Gasteiger partial charge in [-0.05, 0) is 40.2 Å². The summed E-state index contributed by atoms with van der Waals surface area (Å²) in [7, 11) is 2.12. The van der Waals surface area contributed by atoms with Gasteiger partial charge < -0.3 is 10.4 Å². The molecular formula is C12H24N2O2. The normalized spacial score (nSPS) is 19.6. The molecule has 94 valence electrons. The molecule has 1 rings (SSSR count). The van der Waals surface area contributed by atoms with E-state index in [9.17, 15) is 4.79 Å². The van der Waals surface area contributed by atoms with E-state index in [1.807, 2.05) is 0 Å². The van der Waals surface area contributed by atoms with Crippen molar-refractivity contribution in [2.24, 2.45) is 0 Å². The molecule has 0 saturated heterocycles. The minimum atomic E-state index is -0.391. The molecule has 0 aliphatic heterocycles. The van der Waals surface area contributed by atoms with Crippen LogP contribution in [-0.4, -0.2) is 47.7 Å². The van der Waals surface area contributed by atoms with Gasteiger partial charge in [-0.1, -0.05) is 0 Å². The van der Waals surface area contributed by atoms with Gasteiger partial charge >= 0.3 is 0 Å². The number of likely N-dealkylation sites (N-methyl/N-ethyl adjacent to an activating group) is 1. The summed E-state index contributed by atoms with van der Waals surface area (Å²) in [6.07, 6.45) is 3.14. The Labute approximate surface area is 98.0 Å². The Kier molecular flexibility index (Phi) is 5.22. The molecule has 0 aromatic carbocycles. The number of nitrogens with zero attached hydrogens (tertiary/aromatic N) is 1. The Morgan fingerprint density at radius 3 is 2.62 bits per heavy atom. The first-order chi connectivity index (χ1) is 7.50. The molecule has 4 heteroatoms. The molecule has 0 heterocycles. The Hall–Kier alpha value is -0.610. The van der Waals surface area contributed by atoms with E-state index in [0.29, 0.717) is 25.4 Å². The van der Waals surface area contributed by atoms with Crippen LogP contribution in [0.2, 0.25) is 0 Å². The van der Waals surface area contributed by atoms with Crippen LogP contribution in [-0.2, 0) is 4.79 Å². The molecule has 0 radical (unpaired) electrons. The SMILES string of the molecule is CC(O)CCC(=O)NCC(C)N(C)C1CC1. The summed E-state index contributed by atoms with van der Waals surface area (Å²) in [5.74, 6) is 0.0388. The molecule has 0 bridgehead atoms. The lowest BCUT2D eigenvalue weighted by Crippen LogP contribution is -2.41. The Morgan fingerprint density at radius 2 is 2.12 bits per heavy atom. The number of hydrogen-bond donors (Lipinski definition) is 2. The van der Waals surface area contributed by atoms with Crippen LogP contribution in [0.3, 0.4) is 0 Å². The number of aliphatic hydroxyl groups excluding tert-OH is 1. The zero-order valence-electron chi connectivity index (χ0n) is 10.6. The van der Waals surface area contributed by atoms with Crippen LogP contribution < -0.4 is 5.32 Å². The second-order valence-corrected chi connectivity index (χ2v) is 4.94. The topological polar surface area (TPSA) is 52.6 Å². The Balaban J connectivity index is 2.10. The number of carbonyl (C=O) groups excluding carboxylic acids is 1. The Morgan fingerprint density at radius 1 is 1.50 bits per heavy atom. The standard InChI is InChI=1S/C12H24N2O2/c1-9(14(3)11-5-6-11)8-13-12(16)7-4-10(2)15/h9-11,15H,4-8H2,1-3H3,(H,13,16). The fraction of sp³-hybridized carbons (Fsp3) is 0.917. The minimum absolute atomic E-state index is 0.0388. The van der Waals surface area contributed by atoms with Gasteiger partial charge in [-0.2, -0.15) is 0 Å². The summed E-state index contributed by atoms with van der Waals surface area (Å²) in [6, 6.07) is 1.12. The van der Waals surface area contributed by atoms with Gasteiger partial charge in [0.15, 0.2) is 0 Å². The summed E-state index contributed by atoms with van der Waals surface area (Å²) in [6.45, 7) is 4.54. The number of aliphatic hydroxyl groups is 1. The average Bonchev–Trinajstić information content (AvgIpc) is 3.05. The maximum Gasteiger partial charge on any atom is 0.220 e. The third-order valence-electron chi connectivity index (χ3n) is 3.20. The summed E-state index contributed by atoms with van der Waals surface area (Å²) < 4.78 is 0. The smallest absolute Gasteiger partial charge is 0.220 e. The minimum Gasteiger partial charge on any atom is -0.393 e. The molecule has 0 aromatic heterocycles. The number of nitrogens with one attached hydrogen (secondary N) is 1.